The molecule has 0 radical (unpaired) electrons. The molecule has 0 spiro atoms. The van der Waals surface area contributed by atoms with Gasteiger partial charge in [-0.15, -0.1) is 0 Å². The molecule has 4 amide bonds. The van der Waals surface area contributed by atoms with Crippen LogP contribution in [0.5, 0.6) is 5.75 Å². The number of amides is 4. The molecule has 2 fully saturated rings. The second-order valence-electron chi connectivity index (χ2n) is 11.6. The molecule has 5 rings (SSSR count). The largest absolute Gasteiger partial charge is 0.507 e. The number of phenols is 1. The molecule has 0 saturated carbocycles. The molecule has 0 bridgehead atoms. The SMILES string of the molecule is CC(C)N1CCN(C(=O)[C@@H](Cc2ccc(O)c(Br)c2)OC(=O)N2CCC(N3CCc4ccccc4NC3=O)CC2)CC1. The van der Waals surface area contributed by atoms with Crippen LogP contribution in [0.15, 0.2) is 46.9 Å². The number of hydrogen-bond donors (Lipinski definition) is 2. The summed E-state index contributed by atoms with van der Waals surface area (Å²) < 4.78 is 6.45. The van der Waals surface area contributed by atoms with Crippen molar-refractivity contribution in [3.05, 3.63) is 58.1 Å². The van der Waals surface area contributed by atoms with E-state index in [2.05, 4.69) is 40.0 Å². The lowest BCUT2D eigenvalue weighted by Crippen LogP contribution is -2.54. The van der Waals surface area contributed by atoms with Gasteiger partial charge in [0.1, 0.15) is 5.75 Å². The molecule has 2 N–H and O–H groups in total. The Labute approximate surface area is 255 Å². The van der Waals surface area contributed by atoms with Gasteiger partial charge >= 0.3 is 12.1 Å². The number of carbonyl (C=O) groups is 3. The highest BCUT2D eigenvalue weighted by molar-refractivity contribution is 9.10. The number of anilines is 1. The quantitative estimate of drug-likeness (QED) is 0.487. The minimum atomic E-state index is -0.979. The number of fused-ring (bicyclic) bond motifs is 1. The van der Waals surface area contributed by atoms with Crippen LogP contribution in [0.3, 0.4) is 0 Å². The van der Waals surface area contributed by atoms with E-state index in [1.807, 2.05) is 29.2 Å². The number of carbonyl (C=O) groups excluding carboxylic acids is 3. The Kier molecular flexibility index (Phi) is 9.57. The van der Waals surface area contributed by atoms with Crippen LogP contribution in [0.2, 0.25) is 0 Å². The fraction of sp³-hybridized carbons (Fsp3) is 0.516. The first-order chi connectivity index (χ1) is 20.2. The molecule has 226 valence electrons. The van der Waals surface area contributed by atoms with Crippen molar-refractivity contribution >= 4 is 39.6 Å². The van der Waals surface area contributed by atoms with Crippen molar-refractivity contribution in [1.29, 1.82) is 0 Å². The van der Waals surface area contributed by atoms with E-state index in [1.165, 1.54) is 0 Å². The second kappa shape index (κ2) is 13.3. The van der Waals surface area contributed by atoms with Crippen LogP contribution < -0.4 is 5.32 Å². The number of piperazine rings is 1. The summed E-state index contributed by atoms with van der Waals surface area (Å²) in [7, 11) is 0. The van der Waals surface area contributed by atoms with E-state index in [0.717, 1.165) is 36.3 Å². The zero-order valence-electron chi connectivity index (χ0n) is 24.3. The number of phenolic OH excluding ortho intramolecular Hbond substituents is 1. The molecular formula is C31H40BrN5O5. The van der Waals surface area contributed by atoms with Crippen molar-refractivity contribution < 1.29 is 24.2 Å². The van der Waals surface area contributed by atoms with E-state index in [1.54, 1.807) is 28.0 Å². The third kappa shape index (κ3) is 7.00. The van der Waals surface area contributed by atoms with Crippen LogP contribution in [-0.4, -0.2) is 107 Å². The Morgan fingerprint density at radius 3 is 2.40 bits per heavy atom. The number of hydrogen-bond acceptors (Lipinski definition) is 6. The molecule has 3 heterocycles. The van der Waals surface area contributed by atoms with Gasteiger partial charge in [0.05, 0.1) is 4.47 Å². The maximum Gasteiger partial charge on any atom is 0.410 e. The van der Waals surface area contributed by atoms with Crippen LogP contribution in [0.1, 0.15) is 37.8 Å². The zero-order chi connectivity index (χ0) is 29.8. The van der Waals surface area contributed by atoms with Gasteiger partial charge in [0.25, 0.3) is 5.91 Å². The normalized spacial score (nSPS) is 19.2. The number of piperidine rings is 1. The van der Waals surface area contributed by atoms with Gasteiger partial charge in [0.2, 0.25) is 0 Å². The Hall–Kier alpha value is -3.31. The number of likely N-dealkylation sites (tertiary alicyclic amines) is 1. The number of ether oxygens (including phenoxy) is 1. The second-order valence-corrected chi connectivity index (χ2v) is 12.4. The van der Waals surface area contributed by atoms with E-state index in [9.17, 15) is 19.5 Å². The van der Waals surface area contributed by atoms with Gasteiger partial charge in [-0.05, 0) is 78.4 Å². The first-order valence-corrected chi connectivity index (χ1v) is 15.6. The van der Waals surface area contributed by atoms with E-state index < -0.39 is 12.2 Å². The molecule has 3 aliphatic rings. The summed E-state index contributed by atoms with van der Waals surface area (Å²) in [5.41, 5.74) is 2.75. The van der Waals surface area contributed by atoms with Gasteiger partial charge < -0.3 is 29.9 Å². The van der Waals surface area contributed by atoms with Crippen molar-refractivity contribution in [2.75, 3.05) is 51.1 Å². The summed E-state index contributed by atoms with van der Waals surface area (Å²) in [6.45, 7) is 8.51. The Balaban J connectivity index is 1.21. The fourth-order valence-corrected chi connectivity index (χ4v) is 6.45. The lowest BCUT2D eigenvalue weighted by atomic mass is 10.0. The number of nitrogens with one attached hydrogen (secondary N) is 1. The number of halogens is 1. The maximum atomic E-state index is 13.7. The average molecular weight is 643 g/mol. The van der Waals surface area contributed by atoms with Crippen molar-refractivity contribution in [2.24, 2.45) is 0 Å². The highest BCUT2D eigenvalue weighted by Gasteiger charge is 2.35. The Bertz CT molecular complexity index is 1290. The molecule has 11 heteroatoms. The number of benzene rings is 2. The third-order valence-electron chi connectivity index (χ3n) is 8.61. The number of urea groups is 1. The minimum absolute atomic E-state index is 0.0207. The Morgan fingerprint density at radius 1 is 1.00 bits per heavy atom. The van der Waals surface area contributed by atoms with Gasteiger partial charge in [-0.2, -0.15) is 0 Å². The first-order valence-electron chi connectivity index (χ1n) is 14.8. The van der Waals surface area contributed by atoms with Crippen LogP contribution in [-0.2, 0) is 22.4 Å². The molecule has 2 saturated heterocycles. The highest BCUT2D eigenvalue weighted by atomic mass is 79.9. The monoisotopic (exact) mass is 641 g/mol. The fourth-order valence-electron chi connectivity index (χ4n) is 6.03. The van der Waals surface area contributed by atoms with Gasteiger partial charge in [0, 0.05) is 70.0 Å². The molecule has 42 heavy (non-hydrogen) atoms. The lowest BCUT2D eigenvalue weighted by molar-refractivity contribution is -0.143. The molecule has 2 aromatic carbocycles. The molecule has 10 nitrogen and oxygen atoms in total. The Morgan fingerprint density at radius 2 is 1.71 bits per heavy atom. The molecular weight excluding hydrogens is 602 g/mol. The summed E-state index contributed by atoms with van der Waals surface area (Å²) >= 11 is 3.34. The summed E-state index contributed by atoms with van der Waals surface area (Å²) in [6, 6.07) is 13.2. The number of nitrogens with zero attached hydrogens (tertiary/aromatic N) is 4. The molecule has 2 aromatic rings. The molecule has 0 unspecified atom stereocenters. The van der Waals surface area contributed by atoms with Gasteiger partial charge in [-0.1, -0.05) is 24.3 Å². The van der Waals surface area contributed by atoms with E-state index >= 15 is 0 Å². The van der Waals surface area contributed by atoms with Gasteiger partial charge in [0.15, 0.2) is 6.10 Å². The smallest absolute Gasteiger partial charge is 0.410 e. The van der Waals surface area contributed by atoms with Crippen LogP contribution in [0.25, 0.3) is 0 Å². The zero-order valence-corrected chi connectivity index (χ0v) is 25.9. The van der Waals surface area contributed by atoms with E-state index in [-0.39, 0.29) is 30.2 Å². The third-order valence-corrected chi connectivity index (χ3v) is 9.25. The summed E-state index contributed by atoms with van der Waals surface area (Å²) in [6.07, 6.45) is 0.767. The maximum absolute atomic E-state index is 13.7. The molecule has 1 atom stereocenters. The molecule has 0 aromatic heterocycles. The number of aromatic hydroxyl groups is 1. The van der Waals surface area contributed by atoms with Crippen LogP contribution in [0.4, 0.5) is 15.3 Å². The topological polar surface area (TPSA) is 106 Å². The van der Waals surface area contributed by atoms with Crippen molar-refractivity contribution in [2.45, 2.75) is 57.7 Å². The van der Waals surface area contributed by atoms with Crippen LogP contribution in [0, 0.1) is 0 Å². The predicted molar refractivity (Wildman–Crippen MR) is 164 cm³/mol. The predicted octanol–water partition coefficient (Wildman–Crippen LogP) is 4.31. The van der Waals surface area contributed by atoms with Crippen LogP contribution >= 0.6 is 15.9 Å². The van der Waals surface area contributed by atoms with E-state index in [4.69, 9.17) is 4.74 Å². The van der Waals surface area contributed by atoms with Gasteiger partial charge in [-0.3, -0.25) is 9.69 Å². The van der Waals surface area contributed by atoms with Crippen molar-refractivity contribution in [3.8, 4) is 5.75 Å². The number of rotatable bonds is 6. The summed E-state index contributed by atoms with van der Waals surface area (Å²) in [5.74, 6) is -0.0973. The molecule has 3 aliphatic heterocycles. The highest BCUT2D eigenvalue weighted by Crippen LogP contribution is 2.27. The minimum Gasteiger partial charge on any atom is -0.507 e. The average Bonchev–Trinajstić information content (AvgIpc) is 3.16. The molecule has 0 aliphatic carbocycles. The summed E-state index contributed by atoms with van der Waals surface area (Å²) in [4.78, 5) is 47.7. The summed E-state index contributed by atoms with van der Waals surface area (Å²) in [5, 5.41) is 13.0. The van der Waals surface area contributed by atoms with Gasteiger partial charge in [-0.25, -0.2) is 9.59 Å². The lowest BCUT2D eigenvalue weighted by Gasteiger charge is -2.39. The van der Waals surface area contributed by atoms with E-state index in [0.29, 0.717) is 56.1 Å². The standard InChI is InChI=1S/C31H40BrN5O5/c1-21(2)34-15-17-35(18-16-34)29(39)28(20-22-7-8-27(38)25(32)19-22)42-31(41)36-12-10-24(11-13-36)37-14-9-23-5-3-4-6-26(23)33-30(37)40/h3-8,19,21,24,28,38H,9-18,20H2,1-2H3,(H,33,40)/t28-/m1/s1. The van der Waals surface area contributed by atoms with Crippen molar-refractivity contribution in [3.63, 3.8) is 0 Å². The number of para-hydroxylation sites is 1. The first kappa shape index (κ1) is 30.2. The van der Waals surface area contributed by atoms with Crippen molar-refractivity contribution in [1.82, 2.24) is 19.6 Å².